The molecule has 1 aromatic carbocycles. The number of ether oxygens (including phenoxy) is 2. The summed E-state index contributed by atoms with van der Waals surface area (Å²) < 4.78 is 24.0. The molecule has 2 fully saturated rings. The molecule has 0 radical (unpaired) electrons. The molecule has 1 atom stereocenters. The summed E-state index contributed by atoms with van der Waals surface area (Å²) in [6.07, 6.45) is 2.11. The first-order valence-corrected chi connectivity index (χ1v) is 9.16. The molecule has 27 heavy (non-hydrogen) atoms. The molecule has 150 valence electrons. The normalized spacial score (nSPS) is 20.3. The molecule has 0 aliphatic carbocycles. The molecule has 0 aromatic heterocycles. The van der Waals surface area contributed by atoms with Crippen molar-refractivity contribution in [2.45, 2.75) is 12.8 Å². The fourth-order valence-electron chi connectivity index (χ4n) is 3.29. The van der Waals surface area contributed by atoms with E-state index in [4.69, 9.17) is 19.4 Å². The van der Waals surface area contributed by atoms with Gasteiger partial charge in [-0.15, -0.1) is 0 Å². The van der Waals surface area contributed by atoms with Crippen LogP contribution >= 0.6 is 0 Å². The molecule has 0 saturated carbocycles. The van der Waals surface area contributed by atoms with E-state index in [0.29, 0.717) is 11.7 Å². The summed E-state index contributed by atoms with van der Waals surface area (Å²) in [5, 5.41) is 6.89. The van der Waals surface area contributed by atoms with Gasteiger partial charge in [-0.3, -0.25) is 9.59 Å². The van der Waals surface area contributed by atoms with Crippen molar-refractivity contribution in [3.63, 3.8) is 0 Å². The molecule has 2 saturated heterocycles. The third-order valence-electron chi connectivity index (χ3n) is 4.64. The second-order valence-electron chi connectivity index (χ2n) is 6.62. The average molecular weight is 382 g/mol. The van der Waals surface area contributed by atoms with Crippen LogP contribution in [0.4, 0.5) is 4.39 Å². The highest BCUT2D eigenvalue weighted by atomic mass is 19.1. The van der Waals surface area contributed by atoms with Gasteiger partial charge < -0.3 is 24.4 Å². The molecule has 7 nitrogen and oxygen atoms in total. The lowest BCUT2D eigenvalue weighted by molar-refractivity contribution is -0.133. The molecule has 2 aliphatic rings. The first-order chi connectivity index (χ1) is 13.1. The zero-order chi connectivity index (χ0) is 19.5. The molecular formula is C19H27FN2O5. The van der Waals surface area contributed by atoms with E-state index in [1.165, 1.54) is 12.1 Å². The van der Waals surface area contributed by atoms with Gasteiger partial charge in [0.15, 0.2) is 6.61 Å². The highest BCUT2D eigenvalue weighted by Gasteiger charge is 2.23. The standard InChI is InChI=1S/C18H25FN2O3.CH2O2/c19-16-3-1-4-17(11-16)24-14-18(22)21-7-2-6-20(8-9-21)12-15-5-10-23-13-15;2-1-3/h1,3-4,11,15H,2,5-10,12-14H2;1H,(H,2,3). The van der Waals surface area contributed by atoms with E-state index >= 15 is 0 Å². The third-order valence-corrected chi connectivity index (χ3v) is 4.64. The smallest absolute Gasteiger partial charge is 0.290 e. The first kappa shape index (κ1) is 21.1. The SMILES string of the molecule is O=C(COc1cccc(F)c1)N1CCCN(CC2CCOC2)CC1.O=CO. The third kappa shape index (κ3) is 7.52. The Kier molecular flexibility index (Phi) is 9.00. The Balaban J connectivity index is 0.000000817. The highest BCUT2D eigenvalue weighted by molar-refractivity contribution is 5.77. The molecule has 8 heteroatoms. The second kappa shape index (κ2) is 11.5. The maximum absolute atomic E-state index is 13.1. The molecule has 2 heterocycles. The van der Waals surface area contributed by atoms with Gasteiger partial charge in [0, 0.05) is 38.9 Å². The maximum Gasteiger partial charge on any atom is 0.290 e. The van der Waals surface area contributed by atoms with E-state index in [2.05, 4.69) is 4.90 Å². The molecule has 1 unspecified atom stereocenters. The maximum atomic E-state index is 13.1. The Labute approximate surface area is 158 Å². The number of amides is 1. The number of hydrogen-bond donors (Lipinski definition) is 1. The van der Waals surface area contributed by atoms with Crippen LogP contribution in [0.15, 0.2) is 24.3 Å². The summed E-state index contributed by atoms with van der Waals surface area (Å²) in [5.41, 5.74) is 0. The number of nitrogens with zero attached hydrogens (tertiary/aromatic N) is 2. The number of halogens is 1. The van der Waals surface area contributed by atoms with Crippen LogP contribution in [0.2, 0.25) is 0 Å². The molecule has 0 spiro atoms. The zero-order valence-electron chi connectivity index (χ0n) is 15.4. The van der Waals surface area contributed by atoms with Crippen LogP contribution in [-0.4, -0.2) is 79.8 Å². The number of rotatable bonds is 5. The largest absolute Gasteiger partial charge is 0.484 e. The lowest BCUT2D eigenvalue weighted by Gasteiger charge is -2.23. The van der Waals surface area contributed by atoms with Gasteiger partial charge in [0.1, 0.15) is 11.6 Å². The predicted molar refractivity (Wildman–Crippen MR) is 97.2 cm³/mol. The van der Waals surface area contributed by atoms with Crippen molar-refractivity contribution in [1.82, 2.24) is 9.80 Å². The van der Waals surface area contributed by atoms with E-state index in [0.717, 1.165) is 58.8 Å². The minimum absolute atomic E-state index is 0.0367. The van der Waals surface area contributed by atoms with Gasteiger partial charge in [-0.2, -0.15) is 0 Å². The fourth-order valence-corrected chi connectivity index (χ4v) is 3.29. The van der Waals surface area contributed by atoms with Crippen LogP contribution < -0.4 is 4.74 Å². The number of carbonyl (C=O) groups is 2. The Morgan fingerprint density at radius 2 is 2.15 bits per heavy atom. The monoisotopic (exact) mass is 382 g/mol. The van der Waals surface area contributed by atoms with Crippen LogP contribution in [0.3, 0.4) is 0 Å². The van der Waals surface area contributed by atoms with Crippen molar-refractivity contribution < 1.29 is 28.6 Å². The van der Waals surface area contributed by atoms with Crippen molar-refractivity contribution in [2.75, 3.05) is 52.5 Å². The summed E-state index contributed by atoms with van der Waals surface area (Å²) >= 11 is 0. The topological polar surface area (TPSA) is 79.3 Å². The van der Waals surface area contributed by atoms with E-state index in [1.54, 1.807) is 12.1 Å². The molecule has 1 N–H and O–H groups in total. The summed E-state index contributed by atoms with van der Waals surface area (Å²) in [6.45, 7) is 5.89. The molecule has 3 rings (SSSR count). The lowest BCUT2D eigenvalue weighted by atomic mass is 10.1. The van der Waals surface area contributed by atoms with Crippen molar-refractivity contribution in [1.29, 1.82) is 0 Å². The first-order valence-electron chi connectivity index (χ1n) is 9.16. The Hall–Kier alpha value is -2.19. The summed E-state index contributed by atoms with van der Waals surface area (Å²) in [4.78, 5) is 25.0. The average Bonchev–Trinajstić information content (AvgIpc) is 3.05. The van der Waals surface area contributed by atoms with E-state index in [1.807, 2.05) is 4.90 Å². The van der Waals surface area contributed by atoms with Gasteiger partial charge in [-0.1, -0.05) is 6.07 Å². The number of carboxylic acid groups (broad SMARTS) is 1. The quantitative estimate of drug-likeness (QED) is 0.777. The Bertz CT molecular complexity index is 595. The highest BCUT2D eigenvalue weighted by Crippen LogP contribution is 2.16. The second-order valence-corrected chi connectivity index (χ2v) is 6.62. The minimum atomic E-state index is -0.360. The van der Waals surface area contributed by atoms with Gasteiger partial charge in [-0.05, 0) is 37.4 Å². The molecule has 1 aromatic rings. The van der Waals surface area contributed by atoms with E-state index in [-0.39, 0.29) is 24.8 Å². The van der Waals surface area contributed by atoms with Crippen molar-refractivity contribution in [3.8, 4) is 5.75 Å². The van der Waals surface area contributed by atoms with Crippen LogP contribution in [-0.2, 0) is 14.3 Å². The van der Waals surface area contributed by atoms with Crippen molar-refractivity contribution in [2.24, 2.45) is 5.92 Å². The van der Waals surface area contributed by atoms with Crippen LogP contribution in [0.1, 0.15) is 12.8 Å². The fraction of sp³-hybridized carbons (Fsp3) is 0.579. The Morgan fingerprint density at radius 1 is 1.33 bits per heavy atom. The molecule has 0 bridgehead atoms. The predicted octanol–water partition coefficient (Wildman–Crippen LogP) is 1.48. The molecular weight excluding hydrogens is 355 g/mol. The van der Waals surface area contributed by atoms with Crippen LogP contribution in [0.5, 0.6) is 5.75 Å². The summed E-state index contributed by atoms with van der Waals surface area (Å²) in [6, 6.07) is 5.88. The van der Waals surface area contributed by atoms with Crippen LogP contribution in [0, 0.1) is 11.7 Å². The minimum Gasteiger partial charge on any atom is -0.484 e. The van der Waals surface area contributed by atoms with Crippen molar-refractivity contribution >= 4 is 12.4 Å². The van der Waals surface area contributed by atoms with Gasteiger partial charge >= 0.3 is 0 Å². The summed E-state index contributed by atoms with van der Waals surface area (Å²) in [7, 11) is 0. The Morgan fingerprint density at radius 3 is 2.85 bits per heavy atom. The van der Waals surface area contributed by atoms with Crippen molar-refractivity contribution in [3.05, 3.63) is 30.1 Å². The van der Waals surface area contributed by atoms with E-state index < -0.39 is 0 Å². The van der Waals surface area contributed by atoms with Gasteiger partial charge in [-0.25, -0.2) is 4.39 Å². The number of hydrogen-bond acceptors (Lipinski definition) is 5. The van der Waals surface area contributed by atoms with Gasteiger partial charge in [0.05, 0.1) is 6.61 Å². The lowest BCUT2D eigenvalue weighted by Crippen LogP contribution is -2.38. The molecule has 2 aliphatic heterocycles. The number of benzene rings is 1. The van der Waals surface area contributed by atoms with Gasteiger partial charge in [0.25, 0.3) is 12.4 Å². The zero-order valence-corrected chi connectivity index (χ0v) is 15.4. The van der Waals surface area contributed by atoms with Gasteiger partial charge in [0.2, 0.25) is 0 Å². The summed E-state index contributed by atoms with van der Waals surface area (Å²) in [5.74, 6) is 0.621. The van der Waals surface area contributed by atoms with E-state index in [9.17, 15) is 9.18 Å². The number of carbonyl (C=O) groups excluding carboxylic acids is 1. The molecule has 1 amide bonds. The van der Waals surface area contributed by atoms with Crippen LogP contribution in [0.25, 0.3) is 0 Å².